The molecule has 0 aromatic carbocycles. The Bertz CT molecular complexity index is 767. The minimum absolute atomic E-state index is 0.000613. The molecule has 1 heterocycles. The number of imide groups is 1. The van der Waals surface area contributed by atoms with Gasteiger partial charge in [0.1, 0.15) is 0 Å². The number of hydrogen-bond donors (Lipinski definition) is 2. The van der Waals surface area contributed by atoms with Gasteiger partial charge in [-0.25, -0.2) is 0 Å². The van der Waals surface area contributed by atoms with Gasteiger partial charge in [-0.05, 0) is 0 Å². The van der Waals surface area contributed by atoms with Crippen LogP contribution in [-0.4, -0.2) is 75.4 Å². The first kappa shape index (κ1) is 29.4. The van der Waals surface area contributed by atoms with Crippen molar-refractivity contribution in [2.24, 2.45) is 11.8 Å². The van der Waals surface area contributed by atoms with E-state index in [-0.39, 0.29) is 29.8 Å². The zero-order chi connectivity index (χ0) is 25.7. The summed E-state index contributed by atoms with van der Waals surface area (Å²) < 4.78 is 17.2. The van der Waals surface area contributed by atoms with Gasteiger partial charge in [-0.15, -0.1) is 0 Å². The molecule has 0 aromatic rings. The Kier molecular flexibility index (Phi) is 10.4. The summed E-state index contributed by atoms with van der Waals surface area (Å²) in [6.07, 6.45) is 1.03. The van der Waals surface area contributed by atoms with E-state index in [1.807, 2.05) is 13.0 Å². The number of rotatable bonds is 11. The van der Waals surface area contributed by atoms with Crippen molar-refractivity contribution in [3.05, 3.63) is 24.3 Å². The second-order valence-corrected chi connectivity index (χ2v) is 15.1. The van der Waals surface area contributed by atoms with Crippen LogP contribution in [-0.2, 0) is 18.7 Å². The van der Waals surface area contributed by atoms with E-state index in [1.54, 1.807) is 27.0 Å². The minimum atomic E-state index is -2.13. The molecule has 1 aliphatic heterocycles. The summed E-state index contributed by atoms with van der Waals surface area (Å²) in [5.41, 5.74) is 0.588. The van der Waals surface area contributed by atoms with Gasteiger partial charge in [0.05, 0.1) is 0 Å². The Morgan fingerprint density at radius 1 is 1.39 bits per heavy atom. The second kappa shape index (κ2) is 11.7. The predicted molar refractivity (Wildman–Crippen MR) is 132 cm³/mol. The molecule has 0 bridgehead atoms. The quantitative estimate of drug-likeness (QED) is 0.343. The number of aliphatic hydroxyl groups excluding tert-OH is 1. The fourth-order valence-corrected chi connectivity index (χ4v) is 4.91. The molecule has 186 valence electrons. The Morgan fingerprint density at radius 2 is 1.97 bits per heavy atom. The SMILES string of the molecule is C=C[C@H](OC)[C@@H](O[Si](C)(C)C(C)(C)C)[C@H](C)/C=C(/C)[C@H](O)[C@H](C)C(=O)N1C(=O)OC[C@H]1B=N. The Balaban J connectivity index is 3.13. The molecular weight excluding hydrogens is 439 g/mol. The van der Waals surface area contributed by atoms with Gasteiger partial charge < -0.3 is 0 Å². The van der Waals surface area contributed by atoms with Crippen LogP contribution < -0.4 is 0 Å². The van der Waals surface area contributed by atoms with Gasteiger partial charge in [-0.3, -0.25) is 0 Å². The van der Waals surface area contributed by atoms with Crippen molar-refractivity contribution < 1.29 is 28.6 Å². The first-order chi connectivity index (χ1) is 15.1. The van der Waals surface area contributed by atoms with Crippen LogP contribution in [0.3, 0.4) is 0 Å². The molecule has 2 amide bonds. The maximum atomic E-state index is 12.9. The molecule has 6 atom stereocenters. The molecule has 8 nitrogen and oxygen atoms in total. The molecule has 1 rings (SSSR count). The zero-order valence-electron chi connectivity index (χ0n) is 21.5. The Morgan fingerprint density at radius 3 is 2.42 bits per heavy atom. The monoisotopic (exact) mass is 480 g/mol. The van der Waals surface area contributed by atoms with Crippen LogP contribution in [0, 0.1) is 17.1 Å². The van der Waals surface area contributed by atoms with Crippen LogP contribution in [0.15, 0.2) is 24.3 Å². The van der Waals surface area contributed by atoms with Crippen molar-refractivity contribution in [3.63, 3.8) is 0 Å². The van der Waals surface area contributed by atoms with E-state index in [0.29, 0.717) is 5.57 Å². The van der Waals surface area contributed by atoms with E-state index in [0.717, 1.165) is 12.0 Å². The molecule has 0 radical (unpaired) electrons. The van der Waals surface area contributed by atoms with E-state index in [4.69, 9.17) is 19.2 Å². The van der Waals surface area contributed by atoms with Crippen molar-refractivity contribution in [1.29, 1.82) is 5.31 Å². The van der Waals surface area contributed by atoms with E-state index >= 15 is 0 Å². The van der Waals surface area contributed by atoms with Gasteiger partial charge in [-0.2, -0.15) is 0 Å². The van der Waals surface area contributed by atoms with Crippen LogP contribution in [0.5, 0.6) is 0 Å². The van der Waals surface area contributed by atoms with Gasteiger partial charge in [0.15, 0.2) is 0 Å². The van der Waals surface area contributed by atoms with Crippen LogP contribution >= 0.6 is 0 Å². The number of methoxy groups -OCH3 is 1. The summed E-state index contributed by atoms with van der Waals surface area (Å²) in [4.78, 5) is 25.7. The summed E-state index contributed by atoms with van der Waals surface area (Å²) in [6.45, 7) is 20.0. The third kappa shape index (κ3) is 6.94. The molecule has 1 fully saturated rings. The first-order valence-corrected chi connectivity index (χ1v) is 14.2. The fraction of sp³-hybridized carbons (Fsp3) is 0.739. The molecule has 33 heavy (non-hydrogen) atoms. The molecule has 1 aliphatic rings. The number of amides is 2. The van der Waals surface area contributed by atoms with Crippen LogP contribution in [0.1, 0.15) is 41.5 Å². The van der Waals surface area contributed by atoms with Crippen molar-refractivity contribution >= 4 is 27.4 Å². The number of ether oxygens (including phenoxy) is 2. The van der Waals surface area contributed by atoms with Crippen molar-refractivity contribution in [2.75, 3.05) is 13.7 Å². The summed E-state index contributed by atoms with van der Waals surface area (Å²) in [5, 5.41) is 18.3. The van der Waals surface area contributed by atoms with Gasteiger partial charge in [0.25, 0.3) is 0 Å². The second-order valence-electron chi connectivity index (χ2n) is 10.3. The van der Waals surface area contributed by atoms with Crippen molar-refractivity contribution in [1.82, 2.24) is 4.90 Å². The number of carbonyl (C=O) groups is 2. The number of hydrogen-bond acceptors (Lipinski definition) is 7. The molecular formula is C23H41BN2O6Si. The number of nitrogens with one attached hydrogen (secondary N) is 1. The molecule has 0 spiro atoms. The number of carbonyl (C=O) groups excluding carboxylic acids is 2. The van der Waals surface area contributed by atoms with Crippen LogP contribution in [0.25, 0.3) is 0 Å². The van der Waals surface area contributed by atoms with E-state index in [1.165, 1.54) is 0 Å². The first-order valence-electron chi connectivity index (χ1n) is 11.3. The van der Waals surface area contributed by atoms with E-state index in [2.05, 4.69) is 40.4 Å². The topological polar surface area (TPSA) is 109 Å². The fourth-order valence-electron chi connectivity index (χ4n) is 3.52. The van der Waals surface area contributed by atoms with Gasteiger partial charge in [-0.1, -0.05) is 20.8 Å². The van der Waals surface area contributed by atoms with Crippen LogP contribution in [0.2, 0.25) is 18.1 Å². The Labute approximate surface area is 200 Å². The summed E-state index contributed by atoms with van der Waals surface area (Å²) in [7, 11) is 0.474. The van der Waals surface area contributed by atoms with E-state index < -0.39 is 38.3 Å². The van der Waals surface area contributed by atoms with Gasteiger partial charge in [0.2, 0.25) is 0 Å². The number of cyclic esters (lactones) is 1. The average molecular weight is 480 g/mol. The standard InChI is InChI=1S/C23H41BN2O6Si/c1-11-17(30-8)20(32-33(9,10)23(5,6)7)15(3)12-14(2)19(27)16(4)21(28)26-18(24-25)13-31-22(26)29/h11-12,15-20,25,27H,1,13H2,2-10H3/b14-12-/t15-,16+,17+,18+,19+,20+/m1/s1. The van der Waals surface area contributed by atoms with Crippen molar-refractivity contribution in [2.45, 2.75) is 83.9 Å². The normalized spacial score (nSPS) is 22.1. The summed E-state index contributed by atoms with van der Waals surface area (Å²) in [6, 6.07) is 0. The van der Waals surface area contributed by atoms with Crippen molar-refractivity contribution in [3.8, 4) is 0 Å². The predicted octanol–water partition coefficient (Wildman–Crippen LogP) is 3.93. The summed E-state index contributed by atoms with van der Waals surface area (Å²) in [5.74, 6) is -2.36. The third-order valence-corrected chi connectivity index (χ3v) is 11.2. The molecule has 2 N–H and O–H groups in total. The number of aliphatic hydroxyl groups is 1. The zero-order valence-corrected chi connectivity index (χ0v) is 22.5. The summed E-state index contributed by atoms with van der Waals surface area (Å²) >= 11 is 0. The average Bonchev–Trinajstić information content (AvgIpc) is 3.11. The van der Waals surface area contributed by atoms with E-state index in [9.17, 15) is 14.7 Å². The Hall–Kier alpha value is -1.62. The molecule has 0 unspecified atom stereocenters. The molecule has 0 saturated carbocycles. The molecule has 1 saturated heterocycles. The molecule has 0 aromatic heterocycles. The van der Waals surface area contributed by atoms with Gasteiger partial charge >= 0.3 is 179 Å². The number of nitrogens with zero attached hydrogens (tertiary/aromatic N) is 1. The maximum absolute atomic E-state index is 12.9. The molecule has 0 aliphatic carbocycles. The van der Waals surface area contributed by atoms with Crippen LogP contribution in [0.4, 0.5) is 4.79 Å². The molecule has 10 heteroatoms. The van der Waals surface area contributed by atoms with Gasteiger partial charge in [0, 0.05) is 0 Å². The third-order valence-electron chi connectivity index (χ3n) is 6.77.